The Labute approximate surface area is 157 Å². The van der Waals surface area contributed by atoms with Gasteiger partial charge in [0.05, 0.1) is 4.75 Å². The van der Waals surface area contributed by atoms with Crippen molar-refractivity contribution in [1.29, 1.82) is 0 Å². The van der Waals surface area contributed by atoms with Crippen molar-refractivity contribution >= 4 is 17.8 Å². The van der Waals surface area contributed by atoms with E-state index in [-0.39, 0.29) is 4.75 Å². The summed E-state index contributed by atoms with van der Waals surface area (Å²) in [4.78, 5) is 2.67. The first-order valence-electron chi connectivity index (χ1n) is 9.45. The number of aliphatic hydroxyl groups excluding tert-OH is 1. The molecule has 3 rings (SSSR count). The summed E-state index contributed by atoms with van der Waals surface area (Å²) in [6, 6.07) is 11.2. The maximum Gasteiger partial charge on any atom is 0.101 e. The Bertz CT molecular complexity index is 614. The largest absolute Gasteiger partial charge is 0.511 e. The molecule has 1 saturated carbocycles. The number of nitrogens with zero attached hydrogens (tertiary/aromatic N) is 1. The van der Waals surface area contributed by atoms with Gasteiger partial charge in [-0.3, -0.25) is 0 Å². The topological polar surface area (TPSA) is 23.5 Å². The standard InChI is InChI=1S/C22H31NOS/c1-17-16-23(21-11-13-22(15-21,25-3)18(2)24)14-12-20(17)10-9-19-7-5-4-6-8-19/h4-10,17,20-21,24H,2,11-16H2,1,3H3/b10-9-. The van der Waals surface area contributed by atoms with Crippen LogP contribution in [0.2, 0.25) is 0 Å². The molecule has 1 saturated heterocycles. The molecule has 0 radical (unpaired) electrons. The molecule has 1 aromatic rings. The molecule has 1 aliphatic heterocycles. The van der Waals surface area contributed by atoms with E-state index in [2.05, 4.69) is 67.1 Å². The molecule has 0 amide bonds. The Balaban J connectivity index is 1.57. The van der Waals surface area contributed by atoms with Gasteiger partial charge in [0.15, 0.2) is 0 Å². The predicted molar refractivity (Wildman–Crippen MR) is 110 cm³/mol. The molecule has 3 heteroatoms. The van der Waals surface area contributed by atoms with Gasteiger partial charge in [-0.2, -0.15) is 11.8 Å². The third-order valence-corrected chi connectivity index (χ3v) is 7.61. The molecule has 1 aliphatic carbocycles. The van der Waals surface area contributed by atoms with E-state index < -0.39 is 0 Å². The first kappa shape index (κ1) is 18.6. The van der Waals surface area contributed by atoms with Crippen molar-refractivity contribution in [2.75, 3.05) is 19.3 Å². The van der Waals surface area contributed by atoms with Gasteiger partial charge in [-0.25, -0.2) is 0 Å². The fraction of sp³-hybridized carbons (Fsp3) is 0.545. The number of allylic oxidation sites excluding steroid dienone is 1. The van der Waals surface area contributed by atoms with E-state index >= 15 is 0 Å². The summed E-state index contributed by atoms with van der Waals surface area (Å²) in [5.41, 5.74) is 1.29. The van der Waals surface area contributed by atoms with E-state index in [9.17, 15) is 5.11 Å². The molecule has 2 fully saturated rings. The molecule has 0 spiro atoms. The zero-order valence-electron chi connectivity index (χ0n) is 15.5. The number of benzene rings is 1. The highest BCUT2D eigenvalue weighted by atomic mass is 32.2. The number of thioether (sulfide) groups is 1. The molecule has 2 aliphatic rings. The van der Waals surface area contributed by atoms with Gasteiger partial charge in [0.25, 0.3) is 0 Å². The monoisotopic (exact) mass is 357 g/mol. The van der Waals surface area contributed by atoms with E-state index in [1.807, 2.05) is 0 Å². The Morgan fingerprint density at radius 3 is 2.68 bits per heavy atom. The van der Waals surface area contributed by atoms with Crippen LogP contribution < -0.4 is 0 Å². The minimum atomic E-state index is -0.113. The summed E-state index contributed by atoms with van der Waals surface area (Å²) in [6.07, 6.45) is 11.3. The molecule has 136 valence electrons. The van der Waals surface area contributed by atoms with E-state index in [1.54, 1.807) is 11.8 Å². The van der Waals surface area contributed by atoms with Crippen molar-refractivity contribution in [3.63, 3.8) is 0 Å². The second kappa shape index (κ2) is 8.01. The molecular weight excluding hydrogens is 326 g/mol. The van der Waals surface area contributed by atoms with E-state index in [0.717, 1.165) is 19.4 Å². The molecule has 25 heavy (non-hydrogen) atoms. The Kier molecular flexibility index (Phi) is 5.96. The van der Waals surface area contributed by atoms with E-state index in [4.69, 9.17) is 0 Å². The van der Waals surface area contributed by atoms with Crippen LogP contribution in [-0.4, -0.2) is 40.1 Å². The maximum atomic E-state index is 10.0. The number of piperidine rings is 1. The minimum absolute atomic E-state index is 0.113. The lowest BCUT2D eigenvalue weighted by atomic mass is 9.85. The van der Waals surface area contributed by atoms with Crippen molar-refractivity contribution in [2.45, 2.75) is 43.4 Å². The van der Waals surface area contributed by atoms with Gasteiger partial charge in [0.2, 0.25) is 0 Å². The van der Waals surface area contributed by atoms with Crippen LogP contribution in [0.1, 0.15) is 38.2 Å². The zero-order chi connectivity index (χ0) is 17.9. The summed E-state index contributed by atoms with van der Waals surface area (Å²) >= 11 is 1.78. The van der Waals surface area contributed by atoms with Gasteiger partial charge in [-0.05, 0) is 55.9 Å². The highest BCUT2D eigenvalue weighted by molar-refractivity contribution is 8.00. The van der Waals surface area contributed by atoms with Crippen LogP contribution in [0.3, 0.4) is 0 Å². The second-order valence-electron chi connectivity index (χ2n) is 7.74. The third kappa shape index (κ3) is 4.15. The van der Waals surface area contributed by atoms with Crippen LogP contribution in [0.5, 0.6) is 0 Å². The van der Waals surface area contributed by atoms with Gasteiger partial charge < -0.3 is 10.0 Å². The predicted octanol–water partition coefficient (Wildman–Crippen LogP) is 5.38. The Hall–Kier alpha value is -1.19. The summed E-state index contributed by atoms with van der Waals surface area (Å²) < 4.78 is -0.113. The number of hydrogen-bond acceptors (Lipinski definition) is 3. The fourth-order valence-electron chi connectivity index (χ4n) is 4.47. The zero-order valence-corrected chi connectivity index (χ0v) is 16.3. The van der Waals surface area contributed by atoms with Crippen LogP contribution in [-0.2, 0) is 0 Å². The first-order chi connectivity index (χ1) is 12.0. The average Bonchev–Trinajstić information content (AvgIpc) is 3.07. The summed E-state index contributed by atoms with van der Waals surface area (Å²) in [6.45, 7) is 8.56. The second-order valence-corrected chi connectivity index (χ2v) is 8.93. The van der Waals surface area contributed by atoms with E-state index in [1.165, 1.54) is 24.9 Å². The number of aliphatic hydroxyl groups is 1. The number of rotatable bonds is 5. The van der Waals surface area contributed by atoms with Crippen molar-refractivity contribution < 1.29 is 5.11 Å². The lowest BCUT2D eigenvalue weighted by Crippen LogP contribution is -2.44. The maximum absolute atomic E-state index is 10.0. The molecule has 0 aromatic heterocycles. The van der Waals surface area contributed by atoms with Gasteiger partial charge in [-0.15, -0.1) is 0 Å². The van der Waals surface area contributed by atoms with Crippen molar-refractivity contribution in [3.05, 3.63) is 54.3 Å². The molecule has 1 aromatic carbocycles. The normalized spacial score (nSPS) is 33.8. The summed E-state index contributed by atoms with van der Waals surface area (Å²) in [7, 11) is 0. The number of hydrogen-bond donors (Lipinski definition) is 1. The van der Waals surface area contributed by atoms with Gasteiger partial charge in [0.1, 0.15) is 5.76 Å². The molecule has 4 atom stereocenters. The highest BCUT2D eigenvalue weighted by Crippen LogP contribution is 2.46. The lowest BCUT2D eigenvalue weighted by molar-refractivity contribution is 0.106. The first-order valence-corrected chi connectivity index (χ1v) is 10.7. The molecule has 2 nitrogen and oxygen atoms in total. The van der Waals surface area contributed by atoms with E-state index in [0.29, 0.717) is 23.6 Å². The summed E-state index contributed by atoms with van der Waals surface area (Å²) in [5.74, 6) is 1.71. The summed E-state index contributed by atoms with van der Waals surface area (Å²) in [5, 5.41) is 10.0. The Morgan fingerprint density at radius 1 is 1.32 bits per heavy atom. The SMILES string of the molecule is C=C(O)C1(SC)CCC(N2CCC(/C=C\c3ccccc3)C(C)C2)C1. The van der Waals surface area contributed by atoms with Gasteiger partial charge >= 0.3 is 0 Å². The van der Waals surface area contributed by atoms with Crippen LogP contribution in [0.25, 0.3) is 6.08 Å². The quantitative estimate of drug-likeness (QED) is 0.715. The molecule has 4 unspecified atom stereocenters. The van der Waals surface area contributed by atoms with Crippen molar-refractivity contribution in [1.82, 2.24) is 4.90 Å². The van der Waals surface area contributed by atoms with Crippen LogP contribution in [0.15, 0.2) is 48.7 Å². The molecule has 1 heterocycles. The Morgan fingerprint density at radius 2 is 2.08 bits per heavy atom. The average molecular weight is 358 g/mol. The smallest absolute Gasteiger partial charge is 0.101 e. The number of likely N-dealkylation sites (tertiary alicyclic amines) is 1. The van der Waals surface area contributed by atoms with Crippen molar-refractivity contribution in [2.24, 2.45) is 11.8 Å². The minimum Gasteiger partial charge on any atom is -0.511 e. The molecular formula is C22H31NOS. The molecule has 1 N–H and O–H groups in total. The fourth-order valence-corrected chi connectivity index (χ4v) is 5.39. The third-order valence-electron chi connectivity index (χ3n) is 6.22. The van der Waals surface area contributed by atoms with Gasteiger partial charge in [-0.1, -0.05) is 56.0 Å². The van der Waals surface area contributed by atoms with Gasteiger partial charge in [0, 0.05) is 12.6 Å². The van der Waals surface area contributed by atoms with Crippen LogP contribution in [0.4, 0.5) is 0 Å². The van der Waals surface area contributed by atoms with Crippen LogP contribution in [0, 0.1) is 11.8 Å². The lowest BCUT2D eigenvalue weighted by Gasteiger charge is -2.40. The van der Waals surface area contributed by atoms with Crippen molar-refractivity contribution in [3.8, 4) is 0 Å². The van der Waals surface area contributed by atoms with Crippen LogP contribution >= 0.6 is 11.8 Å². The molecule has 0 bridgehead atoms. The highest BCUT2D eigenvalue weighted by Gasteiger charge is 2.44.